The smallest absolute Gasteiger partial charge is 0.139 e. The Morgan fingerprint density at radius 1 is 1.15 bits per heavy atom. The fourth-order valence-corrected chi connectivity index (χ4v) is 3.04. The molecule has 2 aromatic carbocycles. The second-order valence-corrected chi connectivity index (χ2v) is 6.48. The molecule has 3 rings (SSSR count). The Bertz CT molecular complexity index is 626. The van der Waals surface area contributed by atoms with E-state index in [1.807, 2.05) is 24.3 Å². The van der Waals surface area contributed by atoms with Gasteiger partial charge in [-0.15, -0.1) is 0 Å². The summed E-state index contributed by atoms with van der Waals surface area (Å²) in [6.45, 7) is 0. The molecule has 20 heavy (non-hydrogen) atoms. The van der Waals surface area contributed by atoms with Gasteiger partial charge in [0.05, 0.1) is 4.47 Å². The van der Waals surface area contributed by atoms with Crippen molar-refractivity contribution in [2.45, 2.75) is 24.8 Å². The van der Waals surface area contributed by atoms with Crippen LogP contribution in [-0.2, 0) is 0 Å². The van der Waals surface area contributed by atoms with Crippen LogP contribution >= 0.6 is 27.5 Å². The van der Waals surface area contributed by atoms with Crippen LogP contribution < -0.4 is 5.32 Å². The second kappa shape index (κ2) is 5.74. The number of halogens is 3. The zero-order valence-electron chi connectivity index (χ0n) is 10.7. The SMILES string of the molecule is Fc1cc(NC2CC(c3cccc(Cl)c3)C2)ccc1Br. The summed E-state index contributed by atoms with van der Waals surface area (Å²) >= 11 is 9.16. The van der Waals surface area contributed by atoms with Crippen molar-refractivity contribution >= 4 is 33.2 Å². The highest BCUT2D eigenvalue weighted by Crippen LogP contribution is 2.39. The quantitative estimate of drug-likeness (QED) is 0.756. The average Bonchev–Trinajstić information content (AvgIpc) is 2.37. The van der Waals surface area contributed by atoms with Crippen LogP contribution in [0.5, 0.6) is 0 Å². The van der Waals surface area contributed by atoms with Crippen LogP contribution in [0.15, 0.2) is 46.9 Å². The first kappa shape index (κ1) is 13.9. The molecule has 4 heteroatoms. The number of hydrogen-bond donors (Lipinski definition) is 1. The van der Waals surface area contributed by atoms with Crippen molar-refractivity contribution in [2.24, 2.45) is 0 Å². The summed E-state index contributed by atoms with van der Waals surface area (Å²) in [7, 11) is 0. The molecule has 1 N–H and O–H groups in total. The van der Waals surface area contributed by atoms with Gasteiger partial charge in [0.25, 0.3) is 0 Å². The summed E-state index contributed by atoms with van der Waals surface area (Å²) in [4.78, 5) is 0. The fourth-order valence-electron chi connectivity index (χ4n) is 2.59. The minimum Gasteiger partial charge on any atom is -0.382 e. The molecule has 0 radical (unpaired) electrons. The lowest BCUT2D eigenvalue weighted by Gasteiger charge is -2.37. The van der Waals surface area contributed by atoms with Crippen LogP contribution in [0.4, 0.5) is 10.1 Å². The largest absolute Gasteiger partial charge is 0.382 e. The Hall–Kier alpha value is -1.06. The van der Waals surface area contributed by atoms with Crippen LogP contribution in [0.3, 0.4) is 0 Å². The Balaban J connectivity index is 1.59. The van der Waals surface area contributed by atoms with Gasteiger partial charge in [-0.3, -0.25) is 0 Å². The summed E-state index contributed by atoms with van der Waals surface area (Å²) in [5.41, 5.74) is 2.12. The third-order valence-corrected chi connectivity index (χ3v) is 4.63. The highest BCUT2D eigenvalue weighted by Gasteiger charge is 2.30. The molecular formula is C16H14BrClFN. The normalized spacial score (nSPS) is 21.4. The van der Waals surface area contributed by atoms with E-state index in [0.29, 0.717) is 16.4 Å². The van der Waals surface area contributed by atoms with Crippen LogP contribution in [0.25, 0.3) is 0 Å². The van der Waals surface area contributed by atoms with Crippen LogP contribution in [0.2, 0.25) is 5.02 Å². The Kier molecular flexibility index (Phi) is 3.99. The lowest BCUT2D eigenvalue weighted by Crippen LogP contribution is -2.34. The van der Waals surface area contributed by atoms with Crippen molar-refractivity contribution in [2.75, 3.05) is 5.32 Å². The monoisotopic (exact) mass is 353 g/mol. The molecule has 1 aliphatic rings. The summed E-state index contributed by atoms with van der Waals surface area (Å²) in [5.74, 6) is 0.312. The number of anilines is 1. The van der Waals surface area contributed by atoms with E-state index in [4.69, 9.17) is 11.6 Å². The predicted octanol–water partition coefficient (Wildman–Crippen LogP) is 5.60. The highest BCUT2D eigenvalue weighted by molar-refractivity contribution is 9.10. The number of benzene rings is 2. The van der Waals surface area contributed by atoms with Crippen LogP contribution in [-0.4, -0.2) is 6.04 Å². The van der Waals surface area contributed by atoms with Gasteiger partial charge >= 0.3 is 0 Å². The first-order valence-corrected chi connectivity index (χ1v) is 7.76. The highest BCUT2D eigenvalue weighted by atomic mass is 79.9. The Labute approximate surface area is 131 Å². The predicted molar refractivity (Wildman–Crippen MR) is 84.9 cm³/mol. The molecule has 0 spiro atoms. The van der Waals surface area contributed by atoms with Crippen molar-refractivity contribution < 1.29 is 4.39 Å². The maximum Gasteiger partial charge on any atom is 0.139 e. The molecule has 1 saturated carbocycles. The maximum absolute atomic E-state index is 13.4. The van der Waals surface area contributed by atoms with Crippen molar-refractivity contribution in [1.29, 1.82) is 0 Å². The zero-order chi connectivity index (χ0) is 14.1. The van der Waals surface area contributed by atoms with Gasteiger partial charge in [0.15, 0.2) is 0 Å². The summed E-state index contributed by atoms with van der Waals surface area (Å²) in [5, 5.41) is 4.15. The molecular weight excluding hydrogens is 341 g/mol. The molecule has 0 bridgehead atoms. The van der Waals surface area contributed by atoms with E-state index in [1.165, 1.54) is 11.6 Å². The molecule has 0 saturated heterocycles. The summed E-state index contributed by atoms with van der Waals surface area (Å²) in [6, 6.07) is 13.6. The van der Waals surface area contributed by atoms with E-state index < -0.39 is 0 Å². The van der Waals surface area contributed by atoms with Crippen molar-refractivity contribution in [3.05, 3.63) is 63.3 Å². The molecule has 1 fully saturated rings. The summed E-state index contributed by atoms with van der Waals surface area (Å²) < 4.78 is 13.9. The summed E-state index contributed by atoms with van der Waals surface area (Å²) in [6.07, 6.45) is 2.11. The molecule has 0 amide bonds. The van der Waals surface area contributed by atoms with E-state index in [9.17, 15) is 4.39 Å². The van der Waals surface area contributed by atoms with Gasteiger partial charge in [0, 0.05) is 16.8 Å². The lowest BCUT2D eigenvalue weighted by molar-refractivity contribution is 0.374. The second-order valence-electron chi connectivity index (χ2n) is 5.19. The number of nitrogens with one attached hydrogen (secondary N) is 1. The van der Waals surface area contributed by atoms with Crippen LogP contribution in [0.1, 0.15) is 24.3 Å². The standard InChI is InChI=1S/C16H14BrClFN/c17-15-5-4-13(9-16(15)19)20-14-7-11(8-14)10-2-1-3-12(18)6-10/h1-6,9,11,14,20H,7-8H2. The van der Waals surface area contributed by atoms with E-state index in [0.717, 1.165) is 23.6 Å². The number of hydrogen-bond acceptors (Lipinski definition) is 1. The first-order chi connectivity index (χ1) is 9.61. The third-order valence-electron chi connectivity index (χ3n) is 3.75. The van der Waals surface area contributed by atoms with Gasteiger partial charge in [0.1, 0.15) is 5.82 Å². The minimum atomic E-state index is -0.235. The van der Waals surface area contributed by atoms with Gasteiger partial charge in [-0.25, -0.2) is 4.39 Å². The van der Waals surface area contributed by atoms with E-state index >= 15 is 0 Å². The van der Waals surface area contributed by atoms with E-state index in [-0.39, 0.29) is 5.82 Å². The fraction of sp³-hybridized carbons (Fsp3) is 0.250. The Morgan fingerprint density at radius 3 is 2.65 bits per heavy atom. The van der Waals surface area contributed by atoms with Gasteiger partial charge < -0.3 is 5.32 Å². The molecule has 2 aromatic rings. The van der Waals surface area contributed by atoms with Crippen LogP contribution in [0, 0.1) is 5.82 Å². The minimum absolute atomic E-state index is 0.235. The average molecular weight is 355 g/mol. The van der Waals surface area contributed by atoms with Crippen molar-refractivity contribution in [3.63, 3.8) is 0 Å². The van der Waals surface area contributed by atoms with Crippen molar-refractivity contribution in [1.82, 2.24) is 0 Å². The Morgan fingerprint density at radius 2 is 1.95 bits per heavy atom. The molecule has 0 aromatic heterocycles. The lowest BCUT2D eigenvalue weighted by atomic mass is 9.76. The topological polar surface area (TPSA) is 12.0 Å². The maximum atomic E-state index is 13.4. The molecule has 0 atom stereocenters. The van der Waals surface area contributed by atoms with Gasteiger partial charge in [-0.1, -0.05) is 23.7 Å². The third kappa shape index (κ3) is 2.99. The van der Waals surface area contributed by atoms with Gasteiger partial charge in [0.2, 0.25) is 0 Å². The van der Waals surface area contributed by atoms with Gasteiger partial charge in [-0.05, 0) is 70.6 Å². The molecule has 0 aliphatic heterocycles. The molecule has 1 nitrogen and oxygen atoms in total. The molecule has 0 heterocycles. The van der Waals surface area contributed by atoms with E-state index in [1.54, 1.807) is 6.07 Å². The molecule has 0 unspecified atom stereocenters. The molecule has 104 valence electrons. The first-order valence-electron chi connectivity index (χ1n) is 6.59. The van der Waals surface area contributed by atoms with Crippen molar-refractivity contribution in [3.8, 4) is 0 Å². The van der Waals surface area contributed by atoms with E-state index in [2.05, 4.69) is 27.3 Å². The zero-order valence-corrected chi connectivity index (χ0v) is 13.1. The number of rotatable bonds is 3. The van der Waals surface area contributed by atoms with Gasteiger partial charge in [-0.2, -0.15) is 0 Å². The molecule has 1 aliphatic carbocycles.